The van der Waals surface area contributed by atoms with Crippen molar-refractivity contribution in [2.75, 3.05) is 6.54 Å². The van der Waals surface area contributed by atoms with Gasteiger partial charge in [-0.15, -0.1) is 0 Å². The van der Waals surface area contributed by atoms with Crippen LogP contribution in [0.4, 0.5) is 22.0 Å². The Hall–Kier alpha value is -3.39. The maximum absolute atomic E-state index is 15.1. The van der Waals surface area contributed by atoms with Crippen LogP contribution in [0.1, 0.15) is 37.4 Å². The van der Waals surface area contributed by atoms with E-state index in [4.69, 9.17) is 5.73 Å². The van der Waals surface area contributed by atoms with E-state index in [-0.39, 0.29) is 41.4 Å². The number of alkyl halides is 4. The van der Waals surface area contributed by atoms with Gasteiger partial charge in [0.25, 0.3) is 0 Å². The Morgan fingerprint density at radius 3 is 2.42 bits per heavy atom. The normalized spacial score (nSPS) is 22.1. The molecule has 2 heterocycles. The van der Waals surface area contributed by atoms with Crippen LogP contribution >= 0.6 is 0 Å². The molecule has 0 radical (unpaired) electrons. The molecule has 1 saturated carbocycles. The van der Waals surface area contributed by atoms with Crippen LogP contribution in [0.25, 0.3) is 5.70 Å². The summed E-state index contributed by atoms with van der Waals surface area (Å²) in [7, 11) is -4.37. The number of pyridine rings is 1. The molecule has 14 heteroatoms. The number of sulfonamides is 1. The predicted molar refractivity (Wildman–Crippen MR) is 128 cm³/mol. The lowest BCUT2D eigenvalue weighted by Gasteiger charge is -2.29. The van der Waals surface area contributed by atoms with Crippen molar-refractivity contribution in [3.05, 3.63) is 65.7 Å². The third kappa shape index (κ3) is 5.27. The molecule has 2 aromatic rings. The summed E-state index contributed by atoms with van der Waals surface area (Å²) in [6.45, 7) is 1.82. The van der Waals surface area contributed by atoms with Gasteiger partial charge in [0.15, 0.2) is 0 Å². The first-order valence-electron chi connectivity index (χ1n) is 11.6. The summed E-state index contributed by atoms with van der Waals surface area (Å²) in [6, 6.07) is 4.44. The highest BCUT2D eigenvalue weighted by atomic mass is 32.2. The highest BCUT2D eigenvalue weighted by molar-refractivity contribution is 7.89. The third-order valence-electron chi connectivity index (χ3n) is 6.43. The molecule has 1 saturated heterocycles. The van der Waals surface area contributed by atoms with Gasteiger partial charge in [-0.25, -0.2) is 17.2 Å². The highest BCUT2D eigenvalue weighted by Gasteiger charge is 2.67. The zero-order valence-corrected chi connectivity index (χ0v) is 20.9. The molecule has 0 bridgehead atoms. The topological polar surface area (TPSA) is 118 Å². The summed E-state index contributed by atoms with van der Waals surface area (Å²) in [5.41, 5.74) is 3.57. The monoisotopic (exact) mass is 557 g/mol. The van der Waals surface area contributed by atoms with Crippen LogP contribution in [0.2, 0.25) is 0 Å². The van der Waals surface area contributed by atoms with E-state index < -0.39 is 57.8 Å². The summed E-state index contributed by atoms with van der Waals surface area (Å²) in [5.74, 6) is -1.61. The molecule has 2 fully saturated rings. The number of aromatic nitrogens is 1. The van der Waals surface area contributed by atoms with Crippen LogP contribution in [0, 0.1) is 5.82 Å². The largest absolute Gasteiger partial charge is 0.433 e. The van der Waals surface area contributed by atoms with E-state index in [0.717, 1.165) is 46.9 Å². The van der Waals surface area contributed by atoms with Crippen LogP contribution in [0.15, 0.2) is 58.6 Å². The lowest BCUT2D eigenvalue weighted by molar-refractivity contribution is -0.141. The minimum atomic E-state index is -4.63. The molecule has 8 nitrogen and oxygen atoms in total. The summed E-state index contributed by atoms with van der Waals surface area (Å²) < 4.78 is 94.6. The smallest absolute Gasteiger partial charge is 0.398 e. The zero-order chi connectivity index (χ0) is 27.9. The lowest BCUT2D eigenvalue weighted by Crippen LogP contribution is -2.51. The molecular formula is C24H24F5N5O3S. The molecule has 1 aliphatic heterocycles. The van der Waals surface area contributed by atoms with E-state index in [1.54, 1.807) is 6.92 Å². The van der Waals surface area contributed by atoms with E-state index in [1.807, 2.05) is 0 Å². The van der Waals surface area contributed by atoms with E-state index in [0.29, 0.717) is 0 Å². The second-order valence-corrected chi connectivity index (χ2v) is 10.8. The number of halogens is 5. The fourth-order valence-corrected chi connectivity index (χ4v) is 6.43. The number of aliphatic imine (C=N–C) groups is 1. The van der Waals surface area contributed by atoms with Crippen LogP contribution in [-0.4, -0.2) is 53.7 Å². The number of carbonyl (C=O) groups is 1. The Kier molecular flexibility index (Phi) is 7.32. The Labute approximate surface area is 215 Å². The maximum atomic E-state index is 15.1. The van der Waals surface area contributed by atoms with Gasteiger partial charge in [-0.1, -0.05) is 0 Å². The minimum Gasteiger partial charge on any atom is -0.398 e. The molecular weight excluding hydrogens is 533 g/mol. The van der Waals surface area contributed by atoms with Crippen molar-refractivity contribution in [1.29, 1.82) is 0 Å². The van der Waals surface area contributed by atoms with Crippen LogP contribution in [-0.2, 0) is 21.0 Å². The first-order chi connectivity index (χ1) is 17.8. The molecule has 2 atom stereocenters. The quantitative estimate of drug-likeness (QED) is 0.321. The average Bonchev–Trinajstić information content (AvgIpc) is 3.58. The van der Waals surface area contributed by atoms with Gasteiger partial charge in [-0.05, 0) is 56.2 Å². The van der Waals surface area contributed by atoms with Crippen molar-refractivity contribution in [3.8, 4) is 0 Å². The number of carbonyl (C=O) groups excluding carboxylic acids is 1. The van der Waals surface area contributed by atoms with Crippen molar-refractivity contribution in [1.82, 2.24) is 14.6 Å². The SMILES string of the molecule is CCN=C(/C=C(\N)c1ccc(C(F)(F)F)nc1)NC(=O)[C@@H]1C[C@@H](F)C2(CC2)N1S(=O)(=O)c1ccc(F)cc1. The lowest BCUT2D eigenvalue weighted by atomic mass is 10.1. The highest BCUT2D eigenvalue weighted by Crippen LogP contribution is 2.55. The van der Waals surface area contributed by atoms with Gasteiger partial charge in [0, 0.05) is 36.5 Å². The van der Waals surface area contributed by atoms with Gasteiger partial charge < -0.3 is 11.1 Å². The number of nitrogens with zero attached hydrogens (tertiary/aromatic N) is 3. The van der Waals surface area contributed by atoms with Crippen molar-refractivity contribution in [2.45, 2.75) is 55.0 Å². The number of amides is 1. The number of hydrogen-bond donors (Lipinski definition) is 2. The molecule has 2 aliphatic rings. The molecule has 1 aromatic carbocycles. The Morgan fingerprint density at radius 2 is 1.89 bits per heavy atom. The Morgan fingerprint density at radius 1 is 1.24 bits per heavy atom. The molecule has 4 rings (SSSR count). The van der Waals surface area contributed by atoms with Crippen molar-refractivity contribution in [3.63, 3.8) is 0 Å². The molecule has 1 aromatic heterocycles. The number of rotatable bonds is 6. The molecule has 38 heavy (non-hydrogen) atoms. The van der Waals surface area contributed by atoms with Gasteiger partial charge in [-0.3, -0.25) is 14.8 Å². The number of hydrogen-bond acceptors (Lipinski definition) is 6. The summed E-state index contributed by atoms with van der Waals surface area (Å²) in [5, 5.41) is 2.47. The summed E-state index contributed by atoms with van der Waals surface area (Å²) >= 11 is 0. The van der Waals surface area contributed by atoms with Crippen LogP contribution in [0.5, 0.6) is 0 Å². The fraction of sp³-hybridized carbons (Fsp3) is 0.375. The molecule has 1 amide bonds. The molecule has 3 N–H and O–H groups in total. The zero-order valence-electron chi connectivity index (χ0n) is 20.0. The van der Waals surface area contributed by atoms with Crippen LogP contribution in [0.3, 0.4) is 0 Å². The second-order valence-electron chi connectivity index (χ2n) is 8.96. The number of benzene rings is 1. The van der Waals surface area contributed by atoms with Crippen molar-refractivity contribution >= 4 is 27.5 Å². The van der Waals surface area contributed by atoms with E-state index in [9.17, 15) is 30.8 Å². The average molecular weight is 558 g/mol. The molecule has 1 aliphatic carbocycles. The van der Waals surface area contributed by atoms with E-state index >= 15 is 4.39 Å². The van der Waals surface area contributed by atoms with Crippen molar-refractivity contribution in [2.24, 2.45) is 10.7 Å². The predicted octanol–water partition coefficient (Wildman–Crippen LogP) is 3.41. The first kappa shape index (κ1) is 27.6. The Bertz CT molecular complexity index is 1370. The fourth-order valence-electron chi connectivity index (χ4n) is 4.43. The maximum Gasteiger partial charge on any atom is 0.433 e. The van der Waals surface area contributed by atoms with Gasteiger partial charge >= 0.3 is 6.18 Å². The van der Waals surface area contributed by atoms with Crippen LogP contribution < -0.4 is 11.1 Å². The third-order valence-corrected chi connectivity index (χ3v) is 8.43. The number of nitrogens with two attached hydrogens (primary N) is 1. The second kappa shape index (κ2) is 10.1. The van der Waals surface area contributed by atoms with E-state index in [2.05, 4.69) is 15.3 Å². The number of amidine groups is 1. The summed E-state index contributed by atoms with van der Waals surface area (Å²) in [6.07, 6.45) is -4.07. The van der Waals surface area contributed by atoms with E-state index in [1.165, 1.54) is 6.08 Å². The van der Waals surface area contributed by atoms with Crippen molar-refractivity contribution < 1.29 is 35.2 Å². The summed E-state index contributed by atoms with van der Waals surface area (Å²) in [4.78, 5) is 20.4. The first-order valence-corrected chi connectivity index (χ1v) is 13.0. The van der Waals surface area contributed by atoms with Gasteiger partial charge in [0.05, 0.1) is 10.4 Å². The van der Waals surface area contributed by atoms with Gasteiger partial charge in [0.2, 0.25) is 15.9 Å². The Balaban J connectivity index is 1.60. The molecule has 1 spiro atoms. The van der Waals surface area contributed by atoms with Gasteiger partial charge in [-0.2, -0.15) is 17.5 Å². The molecule has 204 valence electrons. The minimum absolute atomic E-state index is 0.0667. The van der Waals surface area contributed by atoms with Gasteiger partial charge in [0.1, 0.15) is 29.6 Å². The molecule has 0 unspecified atom stereocenters. The number of nitrogens with one attached hydrogen (secondary N) is 1. The standard InChI is InChI=1S/C24H24F5N5O3S/c1-2-31-21(11-17(30)14-3-8-20(32-13-14)24(27,28)29)33-22(35)18-12-19(26)23(9-10-23)34(18)38(36,37)16-6-4-15(25)5-7-16/h3-8,11,13,18-19H,2,9-10,12,30H2,1H3,(H,31,33,35)/b17-11-/t18-,19+/m0/s1.